The summed E-state index contributed by atoms with van der Waals surface area (Å²) in [5.41, 5.74) is 3.53. The van der Waals surface area contributed by atoms with Crippen LogP contribution in [0.5, 0.6) is 0 Å². The van der Waals surface area contributed by atoms with Crippen LogP contribution in [0.1, 0.15) is 45.1 Å². The highest BCUT2D eigenvalue weighted by Gasteiger charge is 2.20. The first-order valence-corrected chi connectivity index (χ1v) is 10.1. The Morgan fingerprint density at radius 1 is 1.21 bits per heavy atom. The van der Waals surface area contributed by atoms with Crippen LogP contribution < -0.4 is 5.32 Å². The number of nitrogens with zero attached hydrogens (tertiary/aromatic N) is 2. The van der Waals surface area contributed by atoms with E-state index in [2.05, 4.69) is 15.3 Å². The first-order chi connectivity index (χ1) is 13.9. The standard InChI is InChI=1S/C22H21N3O3S/c1-12-18-13(2)24-20(17-5-4-10-28-17)25-22(18)29-19(12)21(27)23-11-15-6-8-16(9-7-15)14(3)26/h4-10,14,26H,11H2,1-3H3,(H,23,27). The lowest BCUT2D eigenvalue weighted by atomic mass is 10.1. The van der Waals surface area contributed by atoms with Gasteiger partial charge in [0.1, 0.15) is 4.83 Å². The van der Waals surface area contributed by atoms with E-state index in [0.29, 0.717) is 23.0 Å². The van der Waals surface area contributed by atoms with E-state index in [1.54, 1.807) is 19.3 Å². The zero-order valence-corrected chi connectivity index (χ0v) is 17.2. The lowest BCUT2D eigenvalue weighted by Gasteiger charge is -2.08. The molecular formula is C22H21N3O3S. The van der Waals surface area contributed by atoms with Gasteiger partial charge in [0.2, 0.25) is 0 Å². The Labute approximate surface area is 172 Å². The van der Waals surface area contributed by atoms with E-state index in [1.807, 2.05) is 44.2 Å². The van der Waals surface area contributed by atoms with Crippen molar-refractivity contribution < 1.29 is 14.3 Å². The van der Waals surface area contributed by atoms with E-state index in [4.69, 9.17) is 4.42 Å². The van der Waals surface area contributed by atoms with Gasteiger partial charge in [-0.2, -0.15) is 0 Å². The Morgan fingerprint density at radius 3 is 2.62 bits per heavy atom. The number of hydrogen-bond donors (Lipinski definition) is 2. The molecule has 1 atom stereocenters. The number of benzene rings is 1. The van der Waals surface area contributed by atoms with Gasteiger partial charge < -0.3 is 14.8 Å². The van der Waals surface area contributed by atoms with E-state index >= 15 is 0 Å². The molecule has 0 spiro atoms. The molecule has 3 heterocycles. The number of amides is 1. The minimum Gasteiger partial charge on any atom is -0.461 e. The summed E-state index contributed by atoms with van der Waals surface area (Å²) in [6.07, 6.45) is 1.08. The zero-order valence-electron chi connectivity index (χ0n) is 16.4. The van der Waals surface area contributed by atoms with Crippen molar-refractivity contribution in [2.24, 2.45) is 0 Å². The van der Waals surface area contributed by atoms with Gasteiger partial charge in [-0.3, -0.25) is 4.79 Å². The molecule has 1 aromatic carbocycles. The van der Waals surface area contributed by atoms with Gasteiger partial charge in [-0.15, -0.1) is 11.3 Å². The van der Waals surface area contributed by atoms with Crippen molar-refractivity contribution >= 4 is 27.5 Å². The molecule has 148 valence electrons. The fourth-order valence-corrected chi connectivity index (χ4v) is 4.40. The van der Waals surface area contributed by atoms with E-state index < -0.39 is 6.10 Å². The second-order valence-corrected chi connectivity index (χ2v) is 7.95. The maximum atomic E-state index is 12.8. The Bertz CT molecular complexity index is 1160. The molecular weight excluding hydrogens is 386 g/mol. The average Bonchev–Trinajstić information content (AvgIpc) is 3.35. The monoisotopic (exact) mass is 407 g/mol. The maximum absolute atomic E-state index is 12.8. The van der Waals surface area contributed by atoms with Crippen LogP contribution in [-0.2, 0) is 6.54 Å². The van der Waals surface area contributed by atoms with Crippen LogP contribution in [-0.4, -0.2) is 21.0 Å². The van der Waals surface area contributed by atoms with Crippen molar-refractivity contribution in [1.82, 2.24) is 15.3 Å². The van der Waals surface area contributed by atoms with Crippen molar-refractivity contribution in [3.8, 4) is 11.6 Å². The Morgan fingerprint density at radius 2 is 1.97 bits per heavy atom. The summed E-state index contributed by atoms with van der Waals surface area (Å²) in [5, 5.41) is 13.5. The highest BCUT2D eigenvalue weighted by atomic mass is 32.1. The normalized spacial score (nSPS) is 12.3. The molecule has 7 heteroatoms. The van der Waals surface area contributed by atoms with E-state index in [9.17, 15) is 9.90 Å². The predicted octanol–water partition coefficient (Wildman–Crippen LogP) is 4.55. The minimum absolute atomic E-state index is 0.135. The van der Waals surface area contributed by atoms with E-state index in [0.717, 1.165) is 32.6 Å². The number of aryl methyl sites for hydroxylation is 2. The second kappa shape index (κ2) is 7.77. The molecule has 1 unspecified atom stereocenters. The van der Waals surface area contributed by atoms with Gasteiger partial charge in [0.15, 0.2) is 11.6 Å². The lowest BCUT2D eigenvalue weighted by Crippen LogP contribution is -2.22. The quantitative estimate of drug-likeness (QED) is 0.507. The first kappa shape index (κ1) is 19.3. The fraction of sp³-hybridized carbons (Fsp3) is 0.227. The van der Waals surface area contributed by atoms with Crippen LogP contribution in [0.25, 0.3) is 21.8 Å². The first-order valence-electron chi connectivity index (χ1n) is 9.30. The molecule has 3 aromatic heterocycles. The number of carbonyl (C=O) groups is 1. The molecule has 0 fully saturated rings. The van der Waals surface area contributed by atoms with Crippen molar-refractivity contribution in [3.63, 3.8) is 0 Å². The van der Waals surface area contributed by atoms with Gasteiger partial charge in [-0.05, 0) is 49.6 Å². The highest BCUT2D eigenvalue weighted by Crippen LogP contribution is 2.33. The fourth-order valence-electron chi connectivity index (χ4n) is 3.25. The maximum Gasteiger partial charge on any atom is 0.261 e. The molecule has 4 aromatic rings. The SMILES string of the molecule is Cc1nc(-c2ccco2)nc2sc(C(=O)NCc3ccc(C(C)O)cc3)c(C)c12. The summed E-state index contributed by atoms with van der Waals surface area (Å²) >= 11 is 1.36. The van der Waals surface area contributed by atoms with Gasteiger partial charge in [0.25, 0.3) is 5.91 Å². The molecule has 29 heavy (non-hydrogen) atoms. The van der Waals surface area contributed by atoms with Gasteiger partial charge in [-0.1, -0.05) is 24.3 Å². The zero-order chi connectivity index (χ0) is 20.5. The van der Waals surface area contributed by atoms with Crippen LogP contribution in [0.2, 0.25) is 0 Å². The number of fused-ring (bicyclic) bond motifs is 1. The molecule has 0 saturated heterocycles. The number of carbonyl (C=O) groups excluding carboxylic acids is 1. The Balaban J connectivity index is 1.57. The smallest absolute Gasteiger partial charge is 0.261 e. The highest BCUT2D eigenvalue weighted by molar-refractivity contribution is 7.20. The number of aromatic nitrogens is 2. The van der Waals surface area contributed by atoms with Gasteiger partial charge in [0.05, 0.1) is 22.9 Å². The third kappa shape index (κ3) is 3.79. The molecule has 0 saturated carbocycles. The number of hydrogen-bond acceptors (Lipinski definition) is 6. The van der Waals surface area contributed by atoms with Crippen LogP contribution >= 0.6 is 11.3 Å². The topological polar surface area (TPSA) is 88.2 Å². The molecule has 0 aliphatic rings. The molecule has 0 radical (unpaired) electrons. The third-order valence-electron chi connectivity index (χ3n) is 4.83. The number of nitrogens with one attached hydrogen (secondary N) is 1. The van der Waals surface area contributed by atoms with Gasteiger partial charge in [0, 0.05) is 11.9 Å². The molecule has 1 amide bonds. The number of furan rings is 1. The van der Waals surface area contributed by atoms with Gasteiger partial charge in [-0.25, -0.2) is 9.97 Å². The number of aliphatic hydroxyl groups excluding tert-OH is 1. The molecule has 2 N–H and O–H groups in total. The van der Waals surface area contributed by atoms with E-state index in [1.165, 1.54) is 11.3 Å². The second-order valence-electron chi connectivity index (χ2n) is 6.95. The Kier molecular flexibility index (Phi) is 5.17. The summed E-state index contributed by atoms with van der Waals surface area (Å²) in [7, 11) is 0. The Hall–Kier alpha value is -3.03. The predicted molar refractivity (Wildman–Crippen MR) is 113 cm³/mol. The summed E-state index contributed by atoms with van der Waals surface area (Å²) in [6.45, 7) is 5.98. The largest absolute Gasteiger partial charge is 0.461 e. The third-order valence-corrected chi connectivity index (χ3v) is 6.02. The summed E-state index contributed by atoms with van der Waals surface area (Å²) in [6, 6.07) is 11.2. The van der Waals surface area contributed by atoms with Crippen molar-refractivity contribution in [3.05, 3.63) is 69.9 Å². The van der Waals surface area contributed by atoms with Crippen LogP contribution in [0.15, 0.2) is 47.1 Å². The number of aliphatic hydroxyl groups is 1. The summed E-state index contributed by atoms with van der Waals surface area (Å²) < 4.78 is 5.40. The lowest BCUT2D eigenvalue weighted by molar-refractivity contribution is 0.0954. The van der Waals surface area contributed by atoms with Crippen LogP contribution in [0, 0.1) is 13.8 Å². The summed E-state index contributed by atoms with van der Waals surface area (Å²) in [5.74, 6) is 0.989. The van der Waals surface area contributed by atoms with Crippen molar-refractivity contribution in [1.29, 1.82) is 0 Å². The number of thiophene rings is 1. The number of rotatable bonds is 5. The molecule has 0 bridgehead atoms. The minimum atomic E-state index is -0.504. The molecule has 0 aliphatic carbocycles. The van der Waals surface area contributed by atoms with Crippen molar-refractivity contribution in [2.45, 2.75) is 33.4 Å². The van der Waals surface area contributed by atoms with E-state index in [-0.39, 0.29) is 5.91 Å². The molecule has 0 aliphatic heterocycles. The molecule has 4 rings (SSSR count). The molecule has 6 nitrogen and oxygen atoms in total. The average molecular weight is 407 g/mol. The van der Waals surface area contributed by atoms with Crippen LogP contribution in [0.4, 0.5) is 0 Å². The van der Waals surface area contributed by atoms with Crippen LogP contribution in [0.3, 0.4) is 0 Å². The van der Waals surface area contributed by atoms with Crippen molar-refractivity contribution in [2.75, 3.05) is 0 Å². The van der Waals surface area contributed by atoms with Gasteiger partial charge >= 0.3 is 0 Å². The summed E-state index contributed by atoms with van der Waals surface area (Å²) in [4.78, 5) is 23.3.